The summed E-state index contributed by atoms with van der Waals surface area (Å²) in [5, 5.41) is 26.6. The molecule has 1 heterocycles. The molecule has 0 spiro atoms. The summed E-state index contributed by atoms with van der Waals surface area (Å²) in [7, 11) is 0. The molecule has 3 amide bonds. The Labute approximate surface area is 200 Å². The Kier molecular flexibility index (Phi) is 10.2. The van der Waals surface area contributed by atoms with E-state index in [1.165, 1.54) is 0 Å². The Morgan fingerprint density at radius 3 is 1.97 bits per heavy atom. The number of aliphatic carboxylic acids is 2. The maximum absolute atomic E-state index is 12.6. The van der Waals surface area contributed by atoms with Crippen LogP contribution in [0.25, 0.3) is 11.1 Å². The molecule has 0 bridgehead atoms. The zero-order valence-electron chi connectivity index (χ0n) is 18.4. The summed E-state index contributed by atoms with van der Waals surface area (Å²) in [5.41, 5.74) is 8.31. The maximum atomic E-state index is 12.6. The van der Waals surface area contributed by atoms with Gasteiger partial charge in [-0.2, -0.15) is 11.3 Å². The molecule has 2 aromatic rings. The Hall–Kier alpha value is -3.73. The normalized spacial score (nSPS) is 12.4. The van der Waals surface area contributed by atoms with Crippen molar-refractivity contribution in [3.8, 4) is 11.1 Å². The van der Waals surface area contributed by atoms with Gasteiger partial charge in [-0.1, -0.05) is 24.3 Å². The van der Waals surface area contributed by atoms with Crippen LogP contribution in [0.2, 0.25) is 0 Å². The molecule has 11 heteroatoms. The van der Waals surface area contributed by atoms with E-state index in [-0.39, 0.29) is 19.3 Å². The first-order chi connectivity index (χ1) is 16.2. The highest BCUT2D eigenvalue weighted by Crippen LogP contribution is 2.22. The monoisotopic (exact) mass is 489 g/mol. The number of carbonyl (C=O) groups excluding carboxylic acids is 3. The summed E-state index contributed by atoms with van der Waals surface area (Å²) in [6.07, 6.45) is -0.744. The molecule has 1 aromatic carbocycles. The highest BCUT2D eigenvalue weighted by molar-refractivity contribution is 7.08. The van der Waals surface area contributed by atoms with Crippen LogP contribution < -0.4 is 16.4 Å². The number of carboxylic acid groups (broad SMARTS) is 2. The molecule has 0 saturated carbocycles. The van der Waals surface area contributed by atoms with Crippen LogP contribution in [0.15, 0.2) is 41.1 Å². The Morgan fingerprint density at radius 1 is 0.824 bits per heavy atom. The van der Waals surface area contributed by atoms with Gasteiger partial charge in [-0.05, 0) is 52.8 Å². The Balaban J connectivity index is 1.95. The molecule has 2 atom stereocenters. The number of aryl methyl sites for hydroxylation is 1. The average molecular weight is 490 g/mol. The van der Waals surface area contributed by atoms with Crippen molar-refractivity contribution >= 4 is 41.0 Å². The van der Waals surface area contributed by atoms with Gasteiger partial charge in [-0.25, -0.2) is 0 Å². The van der Waals surface area contributed by atoms with Crippen molar-refractivity contribution in [3.05, 3.63) is 46.7 Å². The van der Waals surface area contributed by atoms with Crippen molar-refractivity contribution in [2.75, 3.05) is 0 Å². The van der Waals surface area contributed by atoms with Crippen molar-refractivity contribution in [1.29, 1.82) is 0 Å². The molecule has 0 aliphatic carbocycles. The second kappa shape index (κ2) is 13.1. The number of nitrogens with two attached hydrogens (primary N) is 1. The minimum atomic E-state index is -1.26. The highest BCUT2D eigenvalue weighted by atomic mass is 32.1. The summed E-state index contributed by atoms with van der Waals surface area (Å²) in [5.74, 6) is -4.52. The van der Waals surface area contributed by atoms with Gasteiger partial charge in [0.1, 0.15) is 12.1 Å². The smallest absolute Gasteiger partial charge is 0.303 e. The highest BCUT2D eigenvalue weighted by Gasteiger charge is 2.26. The molecule has 10 nitrogen and oxygen atoms in total. The number of nitrogens with one attached hydrogen (secondary N) is 2. The standard InChI is InChI=1S/C23H27N3O7S/c24-22(32)17(6-9-20(28)29)26-23(33)18(7-10-21(30)31)25-19(27)8-3-14-1-4-15(5-2-14)16-11-12-34-13-16/h1-2,4-5,11-13,17-18H,3,6-10H2,(H2,24,32)(H,25,27)(H,26,33)(H,28,29)(H,30,31). The lowest BCUT2D eigenvalue weighted by atomic mass is 10.0. The van der Waals surface area contributed by atoms with E-state index in [9.17, 15) is 24.0 Å². The van der Waals surface area contributed by atoms with Crippen LogP contribution in [0.1, 0.15) is 37.7 Å². The summed E-state index contributed by atoms with van der Waals surface area (Å²) >= 11 is 1.60. The first kappa shape index (κ1) is 26.5. The third-order valence-corrected chi connectivity index (χ3v) is 5.74. The molecular weight excluding hydrogens is 462 g/mol. The molecule has 182 valence electrons. The summed E-state index contributed by atoms with van der Waals surface area (Å²) in [6, 6.07) is 7.29. The van der Waals surface area contributed by atoms with Gasteiger partial charge >= 0.3 is 11.9 Å². The van der Waals surface area contributed by atoms with E-state index >= 15 is 0 Å². The van der Waals surface area contributed by atoms with E-state index in [0.717, 1.165) is 16.7 Å². The third-order valence-electron chi connectivity index (χ3n) is 5.05. The van der Waals surface area contributed by atoms with Gasteiger partial charge in [0, 0.05) is 19.3 Å². The molecular formula is C23H27N3O7S. The Bertz CT molecular complexity index is 1010. The molecule has 6 N–H and O–H groups in total. The SMILES string of the molecule is NC(=O)C(CCC(=O)O)NC(=O)C(CCC(=O)O)NC(=O)CCc1ccc(-c2ccsc2)cc1. The topological polar surface area (TPSA) is 176 Å². The molecule has 2 unspecified atom stereocenters. The van der Waals surface area contributed by atoms with Gasteiger partial charge in [0.15, 0.2) is 0 Å². The number of rotatable bonds is 14. The summed E-state index contributed by atoms with van der Waals surface area (Å²) < 4.78 is 0. The average Bonchev–Trinajstić information content (AvgIpc) is 3.32. The van der Waals surface area contributed by atoms with Gasteiger partial charge in [0.2, 0.25) is 17.7 Å². The van der Waals surface area contributed by atoms with E-state index in [2.05, 4.69) is 10.6 Å². The van der Waals surface area contributed by atoms with Crippen LogP contribution >= 0.6 is 11.3 Å². The van der Waals surface area contributed by atoms with Crippen molar-refractivity contribution in [1.82, 2.24) is 10.6 Å². The number of carboxylic acids is 2. The lowest BCUT2D eigenvalue weighted by molar-refractivity contribution is -0.139. The minimum Gasteiger partial charge on any atom is -0.481 e. The molecule has 0 saturated heterocycles. The van der Waals surface area contributed by atoms with Crippen LogP contribution in [0.4, 0.5) is 0 Å². The van der Waals surface area contributed by atoms with E-state index < -0.39 is 54.6 Å². The first-order valence-electron chi connectivity index (χ1n) is 10.6. The van der Waals surface area contributed by atoms with Crippen molar-refractivity contribution < 1.29 is 34.2 Å². The predicted octanol–water partition coefficient (Wildman–Crippen LogP) is 1.53. The van der Waals surface area contributed by atoms with Crippen LogP contribution in [-0.4, -0.2) is 52.0 Å². The first-order valence-corrected chi connectivity index (χ1v) is 11.5. The number of carbonyl (C=O) groups is 5. The van der Waals surface area contributed by atoms with E-state index in [0.29, 0.717) is 6.42 Å². The largest absolute Gasteiger partial charge is 0.481 e. The lowest BCUT2D eigenvalue weighted by Crippen LogP contribution is -2.53. The van der Waals surface area contributed by atoms with Gasteiger partial charge < -0.3 is 26.6 Å². The molecule has 0 fully saturated rings. The van der Waals surface area contributed by atoms with Crippen molar-refractivity contribution in [2.45, 2.75) is 50.6 Å². The maximum Gasteiger partial charge on any atom is 0.303 e. The van der Waals surface area contributed by atoms with Gasteiger partial charge in [-0.3, -0.25) is 24.0 Å². The van der Waals surface area contributed by atoms with Crippen LogP contribution in [0.3, 0.4) is 0 Å². The Morgan fingerprint density at radius 2 is 1.44 bits per heavy atom. The van der Waals surface area contributed by atoms with Gasteiger partial charge in [0.05, 0.1) is 0 Å². The number of primary amides is 1. The fraction of sp³-hybridized carbons (Fsp3) is 0.348. The summed E-state index contributed by atoms with van der Waals surface area (Å²) in [4.78, 5) is 58.3. The van der Waals surface area contributed by atoms with E-state index in [1.54, 1.807) is 11.3 Å². The third kappa shape index (κ3) is 9.02. The number of thiophene rings is 1. The molecule has 0 aliphatic rings. The quantitative estimate of drug-likeness (QED) is 0.267. The van der Waals surface area contributed by atoms with Crippen LogP contribution in [0.5, 0.6) is 0 Å². The fourth-order valence-corrected chi connectivity index (χ4v) is 3.84. The molecule has 2 rings (SSSR count). The lowest BCUT2D eigenvalue weighted by Gasteiger charge is -2.21. The summed E-state index contributed by atoms with van der Waals surface area (Å²) in [6.45, 7) is 0. The molecule has 34 heavy (non-hydrogen) atoms. The zero-order chi connectivity index (χ0) is 25.1. The van der Waals surface area contributed by atoms with Crippen LogP contribution in [-0.2, 0) is 30.4 Å². The second-order valence-electron chi connectivity index (χ2n) is 7.66. The molecule has 1 aromatic heterocycles. The number of hydrogen-bond acceptors (Lipinski definition) is 6. The van der Waals surface area contributed by atoms with Crippen LogP contribution in [0, 0.1) is 0 Å². The number of amides is 3. The van der Waals surface area contributed by atoms with Gasteiger partial charge in [0.25, 0.3) is 0 Å². The zero-order valence-corrected chi connectivity index (χ0v) is 19.2. The van der Waals surface area contributed by atoms with Crippen molar-refractivity contribution in [2.24, 2.45) is 5.73 Å². The molecule has 0 radical (unpaired) electrons. The number of benzene rings is 1. The predicted molar refractivity (Wildman–Crippen MR) is 125 cm³/mol. The second-order valence-corrected chi connectivity index (χ2v) is 8.44. The number of hydrogen-bond donors (Lipinski definition) is 5. The van der Waals surface area contributed by atoms with Gasteiger partial charge in [-0.15, -0.1) is 0 Å². The van der Waals surface area contributed by atoms with Crippen molar-refractivity contribution in [3.63, 3.8) is 0 Å². The fourth-order valence-electron chi connectivity index (χ4n) is 3.18. The molecule has 0 aliphatic heterocycles. The van der Waals surface area contributed by atoms with E-state index in [1.807, 2.05) is 41.1 Å². The van der Waals surface area contributed by atoms with E-state index in [4.69, 9.17) is 15.9 Å². The minimum absolute atomic E-state index is 0.0624.